The lowest BCUT2D eigenvalue weighted by Gasteiger charge is -2.11. The molecule has 0 radical (unpaired) electrons. The number of aliphatic carboxylic acids is 1. The first-order valence-electron chi connectivity index (χ1n) is 7.45. The molecule has 0 fully saturated rings. The van der Waals surface area contributed by atoms with E-state index in [1.54, 1.807) is 4.57 Å². The first-order valence-corrected chi connectivity index (χ1v) is 7.45. The van der Waals surface area contributed by atoms with Crippen LogP contribution in [0, 0.1) is 0 Å². The van der Waals surface area contributed by atoms with E-state index < -0.39 is 5.97 Å². The number of carbonyl (C=O) groups is 1. The van der Waals surface area contributed by atoms with Crippen molar-refractivity contribution in [2.45, 2.75) is 13.1 Å². The molecule has 0 bridgehead atoms. The molecule has 0 saturated carbocycles. The van der Waals surface area contributed by atoms with Crippen LogP contribution in [0.2, 0.25) is 0 Å². The Bertz CT molecular complexity index is 852. The monoisotopic (exact) mass is 309 g/mol. The second kappa shape index (κ2) is 6.22. The van der Waals surface area contributed by atoms with Crippen molar-refractivity contribution in [3.05, 3.63) is 54.1 Å². The summed E-state index contributed by atoms with van der Waals surface area (Å²) >= 11 is 0. The molecule has 23 heavy (non-hydrogen) atoms. The fourth-order valence-corrected chi connectivity index (χ4v) is 2.77. The second-order valence-electron chi connectivity index (χ2n) is 5.84. The number of fused-ring (bicyclic) bond motifs is 1. The van der Waals surface area contributed by atoms with E-state index in [-0.39, 0.29) is 6.54 Å². The molecule has 118 valence electrons. The van der Waals surface area contributed by atoms with Gasteiger partial charge in [0.15, 0.2) is 0 Å². The summed E-state index contributed by atoms with van der Waals surface area (Å²) in [5, 5.41) is 9.23. The lowest BCUT2D eigenvalue weighted by molar-refractivity contribution is -0.137. The third-order valence-corrected chi connectivity index (χ3v) is 3.63. The first-order chi connectivity index (χ1) is 11.0. The zero-order valence-corrected chi connectivity index (χ0v) is 13.2. The summed E-state index contributed by atoms with van der Waals surface area (Å²) < 4.78 is 1.76. The van der Waals surface area contributed by atoms with Crippen LogP contribution >= 0.6 is 0 Å². The van der Waals surface area contributed by atoms with Gasteiger partial charge in [-0.15, -0.1) is 0 Å². The Balaban J connectivity index is 2.13. The Morgan fingerprint density at radius 2 is 1.96 bits per heavy atom. The molecule has 1 aromatic heterocycles. The van der Waals surface area contributed by atoms with Gasteiger partial charge in [0.05, 0.1) is 11.0 Å². The van der Waals surface area contributed by atoms with Crippen molar-refractivity contribution in [1.29, 1.82) is 0 Å². The maximum absolute atomic E-state index is 11.3. The minimum Gasteiger partial charge on any atom is -0.480 e. The van der Waals surface area contributed by atoms with Gasteiger partial charge < -0.3 is 14.6 Å². The summed E-state index contributed by atoms with van der Waals surface area (Å²) in [6, 6.07) is 15.7. The van der Waals surface area contributed by atoms with Gasteiger partial charge >= 0.3 is 5.97 Å². The molecule has 2 aromatic carbocycles. The highest BCUT2D eigenvalue weighted by atomic mass is 16.4. The van der Waals surface area contributed by atoms with E-state index in [2.05, 4.69) is 22.0 Å². The first kappa shape index (κ1) is 15.2. The normalized spacial score (nSPS) is 11.3. The highest BCUT2D eigenvalue weighted by Crippen LogP contribution is 2.25. The fraction of sp³-hybridized carbons (Fsp3) is 0.222. The van der Waals surface area contributed by atoms with E-state index in [0.29, 0.717) is 5.82 Å². The third kappa shape index (κ3) is 3.24. The minimum absolute atomic E-state index is 0.103. The Kier molecular flexibility index (Phi) is 4.12. The Labute approximate surface area is 134 Å². The number of imidazole rings is 1. The van der Waals surface area contributed by atoms with Crippen LogP contribution in [-0.4, -0.2) is 39.6 Å². The molecule has 5 heteroatoms. The molecule has 3 rings (SSSR count). The number of hydrogen-bond donors (Lipinski definition) is 1. The van der Waals surface area contributed by atoms with Crippen molar-refractivity contribution in [1.82, 2.24) is 14.5 Å². The lowest BCUT2D eigenvalue weighted by atomic mass is 10.1. The topological polar surface area (TPSA) is 58.4 Å². The molecule has 1 heterocycles. The van der Waals surface area contributed by atoms with Crippen LogP contribution in [0.15, 0.2) is 48.5 Å². The molecule has 0 atom stereocenters. The van der Waals surface area contributed by atoms with Crippen LogP contribution in [0.4, 0.5) is 0 Å². The Morgan fingerprint density at radius 1 is 1.17 bits per heavy atom. The average molecular weight is 309 g/mol. The van der Waals surface area contributed by atoms with Gasteiger partial charge in [-0.1, -0.05) is 30.3 Å². The summed E-state index contributed by atoms with van der Waals surface area (Å²) in [5.74, 6) is -0.187. The second-order valence-corrected chi connectivity index (χ2v) is 5.84. The van der Waals surface area contributed by atoms with E-state index in [0.717, 1.165) is 23.1 Å². The number of hydrogen-bond acceptors (Lipinski definition) is 3. The van der Waals surface area contributed by atoms with Crippen molar-refractivity contribution < 1.29 is 9.90 Å². The van der Waals surface area contributed by atoms with Gasteiger partial charge in [0.2, 0.25) is 0 Å². The molecule has 1 N–H and O–H groups in total. The Hall–Kier alpha value is -2.66. The molecule has 3 aromatic rings. The molecule has 0 amide bonds. The highest BCUT2D eigenvalue weighted by Gasteiger charge is 2.14. The predicted molar refractivity (Wildman–Crippen MR) is 90.2 cm³/mol. The molecule has 0 aliphatic carbocycles. The van der Waals surface area contributed by atoms with E-state index in [4.69, 9.17) is 0 Å². The van der Waals surface area contributed by atoms with Crippen molar-refractivity contribution >= 4 is 17.0 Å². The standard InChI is InChI=1S/C18H19N3O2/c1-20(2)11-13-6-5-7-14(10-13)18-19-15-8-3-4-9-16(15)21(18)12-17(22)23/h3-10H,11-12H2,1-2H3,(H,22,23). The fourth-order valence-electron chi connectivity index (χ4n) is 2.77. The molecular formula is C18H19N3O2. The van der Waals surface area contributed by atoms with Gasteiger partial charge in [-0.05, 0) is 37.9 Å². The molecule has 0 saturated heterocycles. The number of rotatable bonds is 5. The van der Waals surface area contributed by atoms with E-state index >= 15 is 0 Å². The molecule has 0 aliphatic heterocycles. The van der Waals surface area contributed by atoms with Crippen LogP contribution in [0.1, 0.15) is 5.56 Å². The number of aromatic nitrogens is 2. The molecule has 0 spiro atoms. The summed E-state index contributed by atoms with van der Waals surface area (Å²) in [4.78, 5) is 18.0. The summed E-state index contributed by atoms with van der Waals surface area (Å²) in [5.41, 5.74) is 3.74. The van der Waals surface area contributed by atoms with Crippen LogP contribution in [0.3, 0.4) is 0 Å². The largest absolute Gasteiger partial charge is 0.480 e. The summed E-state index contributed by atoms with van der Waals surface area (Å²) in [6.07, 6.45) is 0. The van der Waals surface area contributed by atoms with Crippen molar-refractivity contribution in [3.8, 4) is 11.4 Å². The van der Waals surface area contributed by atoms with Gasteiger partial charge in [-0.25, -0.2) is 4.98 Å². The quantitative estimate of drug-likeness (QED) is 0.787. The van der Waals surface area contributed by atoms with Gasteiger partial charge in [0.25, 0.3) is 0 Å². The van der Waals surface area contributed by atoms with Crippen molar-refractivity contribution in [2.24, 2.45) is 0 Å². The highest BCUT2D eigenvalue weighted by molar-refractivity contribution is 5.82. The van der Waals surface area contributed by atoms with Gasteiger partial charge in [-0.2, -0.15) is 0 Å². The van der Waals surface area contributed by atoms with E-state index in [9.17, 15) is 9.90 Å². The van der Waals surface area contributed by atoms with Crippen molar-refractivity contribution in [3.63, 3.8) is 0 Å². The smallest absolute Gasteiger partial charge is 0.323 e. The third-order valence-electron chi connectivity index (χ3n) is 3.63. The zero-order chi connectivity index (χ0) is 16.4. The number of carboxylic acids is 1. The maximum Gasteiger partial charge on any atom is 0.323 e. The van der Waals surface area contributed by atoms with E-state index in [1.807, 2.05) is 50.5 Å². The Morgan fingerprint density at radius 3 is 2.70 bits per heavy atom. The predicted octanol–water partition coefficient (Wildman–Crippen LogP) is 2.85. The SMILES string of the molecule is CN(C)Cc1cccc(-c2nc3ccccc3n2CC(=O)O)c1. The number of para-hydroxylation sites is 2. The van der Waals surface area contributed by atoms with Crippen LogP contribution in [0.25, 0.3) is 22.4 Å². The van der Waals surface area contributed by atoms with Gasteiger partial charge in [0, 0.05) is 12.1 Å². The molecule has 0 unspecified atom stereocenters. The molecular weight excluding hydrogens is 290 g/mol. The van der Waals surface area contributed by atoms with Crippen LogP contribution in [0.5, 0.6) is 0 Å². The maximum atomic E-state index is 11.3. The van der Waals surface area contributed by atoms with Gasteiger partial charge in [0.1, 0.15) is 12.4 Å². The van der Waals surface area contributed by atoms with Crippen molar-refractivity contribution in [2.75, 3.05) is 14.1 Å². The number of nitrogens with zero attached hydrogens (tertiary/aromatic N) is 3. The minimum atomic E-state index is -0.876. The zero-order valence-electron chi connectivity index (χ0n) is 13.2. The molecule has 0 aliphatic rings. The summed E-state index contributed by atoms with van der Waals surface area (Å²) in [6.45, 7) is 0.723. The van der Waals surface area contributed by atoms with Crippen LogP contribution < -0.4 is 0 Å². The summed E-state index contributed by atoms with van der Waals surface area (Å²) in [7, 11) is 4.04. The molecule has 5 nitrogen and oxygen atoms in total. The number of carboxylic acid groups (broad SMARTS) is 1. The average Bonchev–Trinajstić information content (AvgIpc) is 2.85. The van der Waals surface area contributed by atoms with Gasteiger partial charge in [-0.3, -0.25) is 4.79 Å². The van der Waals surface area contributed by atoms with E-state index in [1.165, 1.54) is 5.56 Å². The lowest BCUT2D eigenvalue weighted by Crippen LogP contribution is -2.11. The van der Waals surface area contributed by atoms with Crippen LogP contribution in [-0.2, 0) is 17.9 Å². The number of benzene rings is 2.